The number of carbonyl (C=O) groups excluding carboxylic acids is 1. The third-order valence-corrected chi connectivity index (χ3v) is 6.88. The molecule has 2 heterocycles. The van der Waals surface area contributed by atoms with E-state index < -0.39 is 0 Å². The molecule has 2 N–H and O–H groups in total. The van der Waals surface area contributed by atoms with Crippen LogP contribution in [0, 0.1) is 11.3 Å². The van der Waals surface area contributed by atoms with Crippen molar-refractivity contribution in [1.29, 1.82) is 5.26 Å². The second-order valence-corrected chi connectivity index (χ2v) is 9.38. The number of carbonyl (C=O) groups is 1. The van der Waals surface area contributed by atoms with Gasteiger partial charge in [-0.1, -0.05) is 42.5 Å². The number of amides is 1. The summed E-state index contributed by atoms with van der Waals surface area (Å²) in [6, 6.07) is 25.7. The summed E-state index contributed by atoms with van der Waals surface area (Å²) in [5.74, 6) is 2.22. The van der Waals surface area contributed by atoms with Gasteiger partial charge in [-0.2, -0.15) is 17.0 Å². The van der Waals surface area contributed by atoms with Gasteiger partial charge in [0, 0.05) is 48.1 Å². The summed E-state index contributed by atoms with van der Waals surface area (Å²) < 4.78 is 0. The second-order valence-electron chi connectivity index (χ2n) is 8.15. The molecule has 0 atom stereocenters. The standard InChI is InChI=1S/C27H24N4OS/c28-17-20-8-11-24-23(16-20)25(27(32)30-24)26(21-4-2-1-3-5-21)29-22-9-6-19(7-10-22)18-31-12-14-33-15-13-31/h1-11,16,29H,12-15,18H2,(H,30,32)/b26-25-. The molecule has 2 aliphatic heterocycles. The third-order valence-electron chi connectivity index (χ3n) is 5.94. The fraction of sp³-hybridized carbons (Fsp3) is 0.185. The van der Waals surface area contributed by atoms with Gasteiger partial charge in [0.15, 0.2) is 0 Å². The van der Waals surface area contributed by atoms with E-state index in [1.807, 2.05) is 42.1 Å². The Labute approximate surface area is 198 Å². The summed E-state index contributed by atoms with van der Waals surface area (Å²) in [4.78, 5) is 15.5. The molecule has 5 rings (SSSR count). The lowest BCUT2D eigenvalue weighted by atomic mass is 9.98. The minimum atomic E-state index is -0.175. The summed E-state index contributed by atoms with van der Waals surface area (Å²) in [5.41, 5.74) is 6.36. The largest absolute Gasteiger partial charge is 0.354 e. The van der Waals surface area contributed by atoms with E-state index in [1.54, 1.807) is 18.2 Å². The zero-order valence-corrected chi connectivity index (χ0v) is 19.0. The molecular weight excluding hydrogens is 428 g/mol. The maximum Gasteiger partial charge on any atom is 0.258 e. The first-order valence-corrected chi connectivity index (χ1v) is 12.2. The van der Waals surface area contributed by atoms with Gasteiger partial charge in [0.1, 0.15) is 0 Å². The van der Waals surface area contributed by atoms with Crippen molar-refractivity contribution in [2.24, 2.45) is 0 Å². The number of nitrogens with one attached hydrogen (secondary N) is 2. The number of nitriles is 1. The molecule has 0 aliphatic carbocycles. The van der Waals surface area contributed by atoms with Crippen LogP contribution < -0.4 is 10.6 Å². The van der Waals surface area contributed by atoms with Crippen LogP contribution in [-0.2, 0) is 11.3 Å². The van der Waals surface area contributed by atoms with Crippen LogP contribution in [0.25, 0.3) is 11.3 Å². The Morgan fingerprint density at radius 1 is 1.03 bits per heavy atom. The van der Waals surface area contributed by atoms with Crippen LogP contribution in [0.5, 0.6) is 0 Å². The number of thioether (sulfide) groups is 1. The van der Waals surface area contributed by atoms with E-state index in [0.717, 1.165) is 47.8 Å². The second kappa shape index (κ2) is 9.53. The van der Waals surface area contributed by atoms with Crippen molar-refractivity contribution in [2.75, 3.05) is 35.2 Å². The van der Waals surface area contributed by atoms with Crippen molar-refractivity contribution < 1.29 is 4.79 Å². The molecule has 6 heteroatoms. The van der Waals surface area contributed by atoms with Gasteiger partial charge in [-0.05, 0) is 41.5 Å². The molecule has 1 saturated heterocycles. The number of benzene rings is 3. The van der Waals surface area contributed by atoms with Gasteiger partial charge in [-0.3, -0.25) is 9.69 Å². The summed E-state index contributed by atoms with van der Waals surface area (Å²) in [5, 5.41) is 15.8. The summed E-state index contributed by atoms with van der Waals surface area (Å²) in [6.45, 7) is 3.22. The van der Waals surface area contributed by atoms with Crippen molar-refractivity contribution in [3.63, 3.8) is 0 Å². The molecule has 2 aliphatic rings. The van der Waals surface area contributed by atoms with Gasteiger partial charge in [-0.15, -0.1) is 0 Å². The molecule has 0 spiro atoms. The first kappa shape index (κ1) is 21.3. The van der Waals surface area contributed by atoms with Crippen LogP contribution in [0.2, 0.25) is 0 Å². The van der Waals surface area contributed by atoms with E-state index in [0.29, 0.717) is 11.1 Å². The predicted octanol–water partition coefficient (Wildman–Crippen LogP) is 5.04. The fourth-order valence-corrected chi connectivity index (χ4v) is 5.20. The van der Waals surface area contributed by atoms with Crippen molar-refractivity contribution >= 4 is 40.3 Å². The number of anilines is 2. The van der Waals surface area contributed by atoms with Crippen LogP contribution in [-0.4, -0.2) is 35.4 Å². The molecule has 33 heavy (non-hydrogen) atoms. The first-order chi connectivity index (χ1) is 16.2. The molecule has 0 saturated carbocycles. The van der Waals surface area contributed by atoms with Crippen LogP contribution in [0.3, 0.4) is 0 Å². The number of hydrogen-bond acceptors (Lipinski definition) is 5. The fourth-order valence-electron chi connectivity index (χ4n) is 4.22. The van der Waals surface area contributed by atoms with Crippen LogP contribution >= 0.6 is 11.8 Å². The minimum absolute atomic E-state index is 0.175. The van der Waals surface area contributed by atoms with Gasteiger partial charge in [-0.25, -0.2) is 0 Å². The molecule has 0 radical (unpaired) electrons. The molecule has 0 bridgehead atoms. The van der Waals surface area contributed by atoms with Crippen molar-refractivity contribution in [3.05, 3.63) is 95.1 Å². The first-order valence-electron chi connectivity index (χ1n) is 11.0. The molecule has 0 unspecified atom stereocenters. The zero-order valence-electron chi connectivity index (χ0n) is 18.2. The lowest BCUT2D eigenvalue weighted by Gasteiger charge is -2.26. The Hall–Kier alpha value is -3.53. The van der Waals surface area contributed by atoms with E-state index in [1.165, 1.54) is 17.1 Å². The van der Waals surface area contributed by atoms with Crippen LogP contribution in [0.15, 0.2) is 72.8 Å². The third kappa shape index (κ3) is 4.65. The number of rotatable bonds is 5. The maximum atomic E-state index is 13.0. The molecule has 1 fully saturated rings. The van der Waals surface area contributed by atoms with Gasteiger partial charge >= 0.3 is 0 Å². The highest BCUT2D eigenvalue weighted by Gasteiger charge is 2.28. The lowest BCUT2D eigenvalue weighted by Crippen LogP contribution is -2.31. The normalized spacial score (nSPS) is 17.1. The molecule has 164 valence electrons. The minimum Gasteiger partial charge on any atom is -0.354 e. The summed E-state index contributed by atoms with van der Waals surface area (Å²) >= 11 is 2.02. The average molecular weight is 453 g/mol. The van der Waals surface area contributed by atoms with Gasteiger partial charge in [0.05, 0.1) is 22.9 Å². The van der Waals surface area contributed by atoms with Crippen LogP contribution in [0.1, 0.15) is 22.3 Å². The lowest BCUT2D eigenvalue weighted by molar-refractivity contribution is -0.110. The van der Waals surface area contributed by atoms with Gasteiger partial charge in [0.25, 0.3) is 5.91 Å². The maximum absolute atomic E-state index is 13.0. The summed E-state index contributed by atoms with van der Waals surface area (Å²) in [6.07, 6.45) is 0. The monoisotopic (exact) mass is 452 g/mol. The Bertz CT molecular complexity index is 1240. The highest BCUT2D eigenvalue weighted by atomic mass is 32.2. The average Bonchev–Trinajstić information content (AvgIpc) is 3.19. The van der Waals surface area contributed by atoms with E-state index in [9.17, 15) is 10.1 Å². The quantitative estimate of drug-likeness (QED) is 0.531. The molecule has 5 nitrogen and oxygen atoms in total. The number of nitrogens with zero attached hydrogens (tertiary/aromatic N) is 2. The van der Waals surface area contributed by atoms with E-state index in [4.69, 9.17) is 0 Å². The molecule has 1 amide bonds. The van der Waals surface area contributed by atoms with Crippen molar-refractivity contribution in [2.45, 2.75) is 6.54 Å². The smallest absolute Gasteiger partial charge is 0.258 e. The Morgan fingerprint density at radius 2 is 1.79 bits per heavy atom. The Kier molecular flexibility index (Phi) is 6.16. The predicted molar refractivity (Wildman–Crippen MR) is 136 cm³/mol. The molecular formula is C27H24N4OS. The molecule has 3 aromatic carbocycles. The SMILES string of the molecule is N#Cc1ccc2c(c1)/C(=C(/Nc1ccc(CN3CCSCC3)cc1)c1ccccc1)C(=O)N2. The number of fused-ring (bicyclic) bond motifs is 1. The molecule has 0 aromatic heterocycles. The Morgan fingerprint density at radius 3 is 2.52 bits per heavy atom. The zero-order chi connectivity index (χ0) is 22.6. The highest BCUT2D eigenvalue weighted by Crippen LogP contribution is 2.38. The van der Waals surface area contributed by atoms with Crippen LogP contribution in [0.4, 0.5) is 11.4 Å². The number of hydrogen-bond donors (Lipinski definition) is 2. The highest BCUT2D eigenvalue weighted by molar-refractivity contribution is 7.99. The van der Waals surface area contributed by atoms with Gasteiger partial charge < -0.3 is 10.6 Å². The molecule has 3 aromatic rings. The summed E-state index contributed by atoms with van der Waals surface area (Å²) in [7, 11) is 0. The van der Waals surface area contributed by atoms with Gasteiger partial charge in [0.2, 0.25) is 0 Å². The Balaban J connectivity index is 1.49. The van der Waals surface area contributed by atoms with E-state index in [2.05, 4.69) is 45.9 Å². The van der Waals surface area contributed by atoms with E-state index >= 15 is 0 Å². The van der Waals surface area contributed by atoms with Crippen molar-refractivity contribution in [3.8, 4) is 6.07 Å². The topological polar surface area (TPSA) is 68.2 Å². The van der Waals surface area contributed by atoms with Crippen molar-refractivity contribution in [1.82, 2.24) is 4.90 Å². The van der Waals surface area contributed by atoms with E-state index in [-0.39, 0.29) is 5.91 Å².